The zero-order chi connectivity index (χ0) is 14.5. The van der Waals surface area contributed by atoms with Gasteiger partial charge >= 0.3 is 0 Å². The van der Waals surface area contributed by atoms with E-state index in [4.69, 9.17) is 4.74 Å². The van der Waals surface area contributed by atoms with Gasteiger partial charge in [0, 0.05) is 18.5 Å². The minimum Gasteiger partial charge on any atom is -0.487 e. The van der Waals surface area contributed by atoms with E-state index in [9.17, 15) is 4.79 Å². The largest absolute Gasteiger partial charge is 0.487 e. The number of ether oxygens (including phenoxy) is 1. The number of Topliss-reactive ketones (excluding diaryl/α,β-unsaturated/α-hetero) is 1. The molecule has 2 rings (SSSR count). The van der Waals surface area contributed by atoms with Crippen LogP contribution >= 0.6 is 0 Å². The fraction of sp³-hybridized carbons (Fsp3) is 0.562. The van der Waals surface area contributed by atoms with E-state index in [1.807, 2.05) is 25.1 Å². The second kappa shape index (κ2) is 6.75. The first kappa shape index (κ1) is 14.9. The summed E-state index contributed by atoms with van der Waals surface area (Å²) in [4.78, 5) is 14.5. The fourth-order valence-electron chi connectivity index (χ4n) is 2.40. The van der Waals surface area contributed by atoms with Crippen LogP contribution in [0.1, 0.15) is 37.6 Å². The van der Waals surface area contributed by atoms with Crippen molar-refractivity contribution in [1.82, 2.24) is 4.90 Å². The Morgan fingerprint density at radius 3 is 2.85 bits per heavy atom. The lowest BCUT2D eigenvalue weighted by molar-refractivity contribution is 0.0966. The zero-order valence-electron chi connectivity index (χ0n) is 12.6. The van der Waals surface area contributed by atoms with E-state index in [-0.39, 0.29) is 11.9 Å². The first-order valence-corrected chi connectivity index (χ1v) is 7.44. The Morgan fingerprint density at radius 1 is 1.40 bits per heavy atom. The van der Waals surface area contributed by atoms with Gasteiger partial charge in [0.15, 0.2) is 5.78 Å². The average Bonchev–Trinajstić information content (AvgIpc) is 2.47. The van der Waals surface area contributed by atoms with Gasteiger partial charge in [0.05, 0.1) is 12.2 Å². The maximum Gasteiger partial charge on any atom is 0.164 e. The molecule has 110 valence electrons. The van der Waals surface area contributed by atoms with E-state index in [1.165, 1.54) is 0 Å². The number of nitrogens with one attached hydrogen (secondary N) is 1. The lowest BCUT2D eigenvalue weighted by Gasteiger charge is -2.25. The summed E-state index contributed by atoms with van der Waals surface area (Å²) in [5.74, 6) is 1.03. The van der Waals surface area contributed by atoms with Gasteiger partial charge in [0.2, 0.25) is 0 Å². The second-order valence-electron chi connectivity index (χ2n) is 5.22. The van der Waals surface area contributed by atoms with E-state index in [0.29, 0.717) is 6.42 Å². The predicted molar refractivity (Wildman–Crippen MR) is 81.8 cm³/mol. The van der Waals surface area contributed by atoms with Crippen LogP contribution in [0.2, 0.25) is 0 Å². The molecule has 1 N–H and O–H groups in total. The number of benzene rings is 1. The molecule has 0 aromatic heterocycles. The molecule has 0 aliphatic carbocycles. The van der Waals surface area contributed by atoms with E-state index >= 15 is 0 Å². The van der Waals surface area contributed by atoms with Gasteiger partial charge in [-0.15, -0.1) is 0 Å². The Labute approximate surface area is 121 Å². The van der Waals surface area contributed by atoms with Crippen LogP contribution < -0.4 is 10.1 Å². The molecular formula is C16H24N2O2. The van der Waals surface area contributed by atoms with Crippen molar-refractivity contribution in [3.8, 4) is 5.75 Å². The second-order valence-corrected chi connectivity index (χ2v) is 5.22. The van der Waals surface area contributed by atoms with Crippen molar-refractivity contribution in [1.29, 1.82) is 0 Å². The number of fused-ring (bicyclic) bond motifs is 1. The van der Waals surface area contributed by atoms with Crippen LogP contribution in [0, 0.1) is 0 Å². The molecule has 1 aliphatic rings. The molecule has 1 unspecified atom stereocenters. The van der Waals surface area contributed by atoms with E-state index in [2.05, 4.69) is 24.1 Å². The summed E-state index contributed by atoms with van der Waals surface area (Å²) in [5.41, 5.74) is 1.69. The highest BCUT2D eigenvalue weighted by Crippen LogP contribution is 2.30. The normalized spacial score (nSPS) is 17.3. The molecule has 0 saturated heterocycles. The zero-order valence-corrected chi connectivity index (χ0v) is 12.6. The monoisotopic (exact) mass is 276 g/mol. The number of carbonyl (C=O) groups excluding carboxylic acids is 1. The van der Waals surface area contributed by atoms with Gasteiger partial charge < -0.3 is 15.0 Å². The van der Waals surface area contributed by atoms with Crippen molar-refractivity contribution >= 4 is 11.5 Å². The van der Waals surface area contributed by atoms with Gasteiger partial charge in [-0.1, -0.05) is 13.8 Å². The third-order valence-corrected chi connectivity index (χ3v) is 3.76. The molecule has 0 fully saturated rings. The summed E-state index contributed by atoms with van der Waals surface area (Å²) in [6.45, 7) is 9.85. The number of ketones is 1. The average molecular weight is 276 g/mol. The van der Waals surface area contributed by atoms with Crippen molar-refractivity contribution in [3.63, 3.8) is 0 Å². The Morgan fingerprint density at radius 2 is 2.15 bits per heavy atom. The van der Waals surface area contributed by atoms with E-state index in [0.717, 1.165) is 43.2 Å². The summed E-state index contributed by atoms with van der Waals surface area (Å²) in [7, 11) is 0. The first-order valence-electron chi connectivity index (χ1n) is 7.44. The molecule has 1 aromatic carbocycles. The highest BCUT2D eigenvalue weighted by molar-refractivity contribution is 5.97. The van der Waals surface area contributed by atoms with Crippen molar-refractivity contribution in [2.75, 3.05) is 31.5 Å². The standard InChI is InChI=1S/C16H24N2O2/c1-4-18(5-2)9-8-15(19)13-6-7-16-14(10-13)17-11-12(3)20-16/h6-7,10,12,17H,4-5,8-9,11H2,1-3H3. The molecule has 4 nitrogen and oxygen atoms in total. The van der Waals surface area contributed by atoms with Crippen LogP contribution in [0.3, 0.4) is 0 Å². The number of hydrogen-bond donors (Lipinski definition) is 1. The van der Waals surface area contributed by atoms with Crippen LogP contribution in [-0.4, -0.2) is 43.0 Å². The molecule has 1 aliphatic heterocycles. The maximum atomic E-state index is 12.2. The Balaban J connectivity index is 2.00. The van der Waals surface area contributed by atoms with Gasteiger partial charge in [0.1, 0.15) is 11.9 Å². The van der Waals surface area contributed by atoms with Crippen molar-refractivity contribution < 1.29 is 9.53 Å². The SMILES string of the molecule is CCN(CC)CCC(=O)c1ccc2c(c1)NCC(C)O2. The molecule has 1 aromatic rings. The van der Waals surface area contributed by atoms with Gasteiger partial charge in [-0.3, -0.25) is 4.79 Å². The Hall–Kier alpha value is -1.55. The highest BCUT2D eigenvalue weighted by atomic mass is 16.5. The molecule has 20 heavy (non-hydrogen) atoms. The minimum absolute atomic E-state index is 0.173. The van der Waals surface area contributed by atoms with Crippen LogP contribution in [0.15, 0.2) is 18.2 Å². The lowest BCUT2D eigenvalue weighted by atomic mass is 10.1. The number of hydrogen-bond acceptors (Lipinski definition) is 4. The van der Waals surface area contributed by atoms with Gasteiger partial charge in [-0.05, 0) is 38.2 Å². The molecular weight excluding hydrogens is 252 g/mol. The van der Waals surface area contributed by atoms with E-state index in [1.54, 1.807) is 0 Å². The minimum atomic E-state index is 0.173. The topological polar surface area (TPSA) is 41.6 Å². The number of rotatable bonds is 6. The van der Waals surface area contributed by atoms with Gasteiger partial charge in [-0.25, -0.2) is 0 Å². The Kier molecular flexibility index (Phi) is 5.01. The van der Waals surface area contributed by atoms with E-state index < -0.39 is 0 Å². The molecule has 1 atom stereocenters. The molecule has 0 bridgehead atoms. The smallest absolute Gasteiger partial charge is 0.164 e. The highest BCUT2D eigenvalue weighted by Gasteiger charge is 2.17. The first-order chi connectivity index (χ1) is 9.63. The van der Waals surface area contributed by atoms with Gasteiger partial charge in [-0.2, -0.15) is 0 Å². The number of anilines is 1. The molecule has 0 amide bonds. The number of nitrogens with zero attached hydrogens (tertiary/aromatic N) is 1. The number of carbonyl (C=O) groups is 1. The van der Waals surface area contributed by atoms with Gasteiger partial charge in [0.25, 0.3) is 0 Å². The molecule has 1 heterocycles. The third-order valence-electron chi connectivity index (χ3n) is 3.76. The summed E-state index contributed by atoms with van der Waals surface area (Å²) >= 11 is 0. The van der Waals surface area contributed by atoms with Crippen molar-refractivity contribution in [2.24, 2.45) is 0 Å². The molecule has 0 spiro atoms. The van der Waals surface area contributed by atoms with Crippen LogP contribution in [0.25, 0.3) is 0 Å². The van der Waals surface area contributed by atoms with Crippen molar-refractivity contribution in [2.45, 2.75) is 33.3 Å². The predicted octanol–water partition coefficient (Wildman–Crippen LogP) is 2.79. The maximum absolute atomic E-state index is 12.2. The summed E-state index contributed by atoms with van der Waals surface area (Å²) in [6.07, 6.45) is 0.740. The van der Waals surface area contributed by atoms with Crippen molar-refractivity contribution in [3.05, 3.63) is 23.8 Å². The quantitative estimate of drug-likeness (QED) is 0.811. The summed E-state index contributed by atoms with van der Waals surface area (Å²) < 4.78 is 5.72. The lowest BCUT2D eigenvalue weighted by Crippen LogP contribution is -2.28. The molecule has 0 radical (unpaired) electrons. The molecule has 0 saturated carbocycles. The molecule has 4 heteroatoms. The third kappa shape index (κ3) is 3.51. The van der Waals surface area contributed by atoms with Crippen LogP contribution in [-0.2, 0) is 0 Å². The van der Waals surface area contributed by atoms with Crippen LogP contribution in [0.4, 0.5) is 5.69 Å². The summed E-state index contributed by atoms with van der Waals surface area (Å²) in [6, 6.07) is 5.66. The van der Waals surface area contributed by atoms with Crippen LogP contribution in [0.5, 0.6) is 5.75 Å². The Bertz CT molecular complexity index is 470. The summed E-state index contributed by atoms with van der Waals surface area (Å²) in [5, 5.41) is 3.31. The fourth-order valence-corrected chi connectivity index (χ4v) is 2.40.